The Labute approximate surface area is 123 Å². The van der Waals surface area contributed by atoms with Crippen LogP contribution >= 0.6 is 0 Å². The zero-order valence-corrected chi connectivity index (χ0v) is 12.8. The molecule has 0 saturated carbocycles. The van der Waals surface area contributed by atoms with Crippen LogP contribution in [0.25, 0.3) is 22.3 Å². The molecule has 100 valence electrons. The van der Waals surface area contributed by atoms with Crippen LogP contribution in [0, 0.1) is 0 Å². The monoisotopic (exact) mass is 330 g/mol. The van der Waals surface area contributed by atoms with Gasteiger partial charge < -0.3 is 0 Å². The van der Waals surface area contributed by atoms with E-state index in [4.69, 9.17) is 4.42 Å². The van der Waals surface area contributed by atoms with E-state index in [0.717, 1.165) is 21.1 Å². The van der Waals surface area contributed by atoms with E-state index in [0.29, 0.717) is 11.0 Å². The van der Waals surface area contributed by atoms with Gasteiger partial charge >= 0.3 is 123 Å². The van der Waals surface area contributed by atoms with Crippen LogP contribution in [0.2, 0.25) is 5.32 Å². The third-order valence-corrected chi connectivity index (χ3v) is 5.07. The molecule has 0 aliphatic heterocycles. The van der Waals surface area contributed by atoms with Crippen molar-refractivity contribution in [2.24, 2.45) is 0 Å². The van der Waals surface area contributed by atoms with Gasteiger partial charge in [0.1, 0.15) is 0 Å². The molecule has 0 atom stereocenters. The summed E-state index contributed by atoms with van der Waals surface area (Å²) >= 11 is 0.135. The van der Waals surface area contributed by atoms with Crippen LogP contribution in [0.15, 0.2) is 63.8 Å². The van der Waals surface area contributed by atoms with Crippen molar-refractivity contribution in [3.63, 3.8) is 0 Å². The summed E-state index contributed by atoms with van der Waals surface area (Å²) < 4.78 is 6.87. The van der Waals surface area contributed by atoms with Crippen LogP contribution in [0.3, 0.4) is 0 Å². The predicted octanol–water partition coefficient (Wildman–Crippen LogP) is 3.23. The van der Waals surface area contributed by atoms with Gasteiger partial charge in [0.05, 0.1) is 0 Å². The Bertz CT molecular complexity index is 791. The van der Waals surface area contributed by atoms with Crippen LogP contribution in [-0.4, -0.2) is 15.0 Å². The molecule has 0 N–H and O–H groups in total. The molecular weight excluding hydrogens is 315 g/mol. The molecular formula is C17H14O2Se. The van der Waals surface area contributed by atoms with Crippen molar-refractivity contribution in [3.05, 3.63) is 64.8 Å². The topological polar surface area (TPSA) is 30.2 Å². The number of fused-ring (bicyclic) bond motifs is 1. The maximum absolute atomic E-state index is 12.7. The molecule has 0 aliphatic carbocycles. The van der Waals surface area contributed by atoms with Crippen molar-refractivity contribution in [3.8, 4) is 11.3 Å². The summed E-state index contributed by atoms with van der Waals surface area (Å²) in [5.74, 6) is 0.733. The zero-order chi connectivity index (χ0) is 13.9. The Morgan fingerprint density at radius 1 is 1.00 bits per heavy atom. The fraction of sp³-hybridized carbons (Fsp3) is 0.118. The van der Waals surface area contributed by atoms with Crippen molar-refractivity contribution in [2.75, 3.05) is 0 Å². The molecule has 0 aliphatic rings. The third-order valence-electron chi connectivity index (χ3n) is 3.08. The molecule has 0 unspecified atom stereocenters. The SMILES string of the molecule is CC[Se]c1c(-c2ccccc2)oc2ccccc2c1=O. The average Bonchev–Trinajstić information content (AvgIpc) is 2.51. The molecule has 0 fully saturated rings. The second-order valence-corrected chi connectivity index (χ2v) is 7.06. The first-order valence-electron chi connectivity index (χ1n) is 6.55. The molecule has 2 aromatic carbocycles. The summed E-state index contributed by atoms with van der Waals surface area (Å²) in [6.07, 6.45) is 0. The summed E-state index contributed by atoms with van der Waals surface area (Å²) in [6.45, 7) is 2.10. The van der Waals surface area contributed by atoms with Gasteiger partial charge in [-0.05, 0) is 0 Å². The molecule has 0 spiro atoms. The quantitative estimate of drug-likeness (QED) is 0.691. The van der Waals surface area contributed by atoms with E-state index in [-0.39, 0.29) is 20.4 Å². The van der Waals surface area contributed by atoms with E-state index in [9.17, 15) is 4.79 Å². The zero-order valence-electron chi connectivity index (χ0n) is 11.1. The molecule has 1 aromatic heterocycles. The Hall–Kier alpha value is -1.83. The van der Waals surface area contributed by atoms with Gasteiger partial charge in [0, 0.05) is 0 Å². The van der Waals surface area contributed by atoms with Crippen LogP contribution < -0.4 is 9.89 Å². The number of para-hydroxylation sites is 1. The van der Waals surface area contributed by atoms with Gasteiger partial charge in [0.15, 0.2) is 0 Å². The van der Waals surface area contributed by atoms with Crippen LogP contribution in [0.1, 0.15) is 6.92 Å². The van der Waals surface area contributed by atoms with Crippen LogP contribution in [0.4, 0.5) is 0 Å². The number of rotatable bonds is 3. The molecule has 1 heterocycles. The molecule has 3 rings (SSSR count). The molecule has 0 radical (unpaired) electrons. The van der Waals surface area contributed by atoms with Crippen molar-refractivity contribution >= 4 is 30.4 Å². The third kappa shape index (κ3) is 2.31. The van der Waals surface area contributed by atoms with E-state index < -0.39 is 0 Å². The maximum atomic E-state index is 12.7. The van der Waals surface area contributed by atoms with Gasteiger partial charge in [-0.3, -0.25) is 0 Å². The van der Waals surface area contributed by atoms with Gasteiger partial charge in [-0.25, -0.2) is 0 Å². The van der Waals surface area contributed by atoms with Crippen molar-refractivity contribution in [1.82, 2.24) is 0 Å². The molecule has 2 nitrogen and oxygen atoms in total. The summed E-state index contributed by atoms with van der Waals surface area (Å²) in [5, 5.41) is 1.66. The van der Waals surface area contributed by atoms with Gasteiger partial charge in [-0.2, -0.15) is 0 Å². The van der Waals surface area contributed by atoms with Gasteiger partial charge in [-0.1, -0.05) is 0 Å². The Kier molecular flexibility index (Phi) is 3.72. The number of hydrogen-bond donors (Lipinski definition) is 0. The van der Waals surface area contributed by atoms with Crippen molar-refractivity contribution < 1.29 is 4.42 Å². The molecule has 0 saturated heterocycles. The summed E-state index contributed by atoms with van der Waals surface area (Å²) in [6, 6.07) is 17.3. The predicted molar refractivity (Wildman–Crippen MR) is 83.8 cm³/mol. The van der Waals surface area contributed by atoms with Gasteiger partial charge in [0.25, 0.3) is 0 Å². The molecule has 3 heteroatoms. The Morgan fingerprint density at radius 2 is 1.70 bits per heavy atom. The summed E-state index contributed by atoms with van der Waals surface area (Å²) in [5.41, 5.74) is 1.75. The Morgan fingerprint density at radius 3 is 2.45 bits per heavy atom. The molecule has 20 heavy (non-hydrogen) atoms. The van der Waals surface area contributed by atoms with E-state index >= 15 is 0 Å². The molecule has 3 aromatic rings. The fourth-order valence-corrected chi connectivity index (χ4v) is 3.90. The first kappa shape index (κ1) is 13.2. The van der Waals surface area contributed by atoms with E-state index in [2.05, 4.69) is 6.92 Å². The minimum absolute atomic E-state index is 0.118. The van der Waals surface area contributed by atoms with E-state index in [1.54, 1.807) is 0 Å². The minimum atomic E-state index is 0.118. The molecule has 0 amide bonds. The van der Waals surface area contributed by atoms with Crippen molar-refractivity contribution in [1.29, 1.82) is 0 Å². The first-order chi connectivity index (χ1) is 9.81. The summed E-state index contributed by atoms with van der Waals surface area (Å²) in [7, 11) is 0. The second-order valence-electron chi connectivity index (χ2n) is 4.38. The molecule has 0 bridgehead atoms. The fourth-order valence-electron chi connectivity index (χ4n) is 2.18. The normalized spacial score (nSPS) is 10.8. The van der Waals surface area contributed by atoms with Gasteiger partial charge in [-0.15, -0.1) is 0 Å². The van der Waals surface area contributed by atoms with Crippen molar-refractivity contribution in [2.45, 2.75) is 12.2 Å². The van der Waals surface area contributed by atoms with Crippen LogP contribution in [0.5, 0.6) is 0 Å². The van der Waals surface area contributed by atoms with E-state index in [1.807, 2.05) is 54.6 Å². The second kappa shape index (κ2) is 5.66. The van der Waals surface area contributed by atoms with Crippen LogP contribution in [-0.2, 0) is 0 Å². The van der Waals surface area contributed by atoms with E-state index in [1.165, 1.54) is 0 Å². The average molecular weight is 329 g/mol. The number of benzene rings is 2. The van der Waals surface area contributed by atoms with Gasteiger partial charge in [0.2, 0.25) is 0 Å². The standard InChI is InChI=1S/C17H14O2Se/c1-2-20-17-15(18)13-10-6-7-11-14(13)19-16(17)12-8-4-3-5-9-12/h3-11H,2H2,1H3. The summed E-state index contributed by atoms with van der Waals surface area (Å²) in [4.78, 5) is 12.7. The Balaban J connectivity index is 2.35. The first-order valence-corrected chi connectivity index (χ1v) is 8.62. The number of hydrogen-bond acceptors (Lipinski definition) is 2.